The number of pyridine rings is 1. The molecule has 182 valence electrons. The minimum Gasteiger partial charge on any atom is -0.496 e. The summed E-state index contributed by atoms with van der Waals surface area (Å²) in [5, 5.41) is 0. The summed E-state index contributed by atoms with van der Waals surface area (Å²) >= 11 is 0. The Morgan fingerprint density at radius 2 is 1.80 bits per heavy atom. The summed E-state index contributed by atoms with van der Waals surface area (Å²) in [5.41, 5.74) is 5.95. The first-order valence-electron chi connectivity index (χ1n) is 12.1. The summed E-state index contributed by atoms with van der Waals surface area (Å²) in [5.74, 6) is 2.81. The van der Waals surface area contributed by atoms with E-state index < -0.39 is 0 Å². The number of nitrogens with zero attached hydrogens (tertiary/aromatic N) is 5. The summed E-state index contributed by atoms with van der Waals surface area (Å²) in [6.07, 6.45) is 8.04. The monoisotopic (exact) mass is 471 g/mol. The number of benzene rings is 1. The summed E-state index contributed by atoms with van der Waals surface area (Å²) in [4.78, 5) is 14.2. The molecule has 35 heavy (non-hydrogen) atoms. The van der Waals surface area contributed by atoms with E-state index in [4.69, 9.17) is 19.4 Å². The molecule has 4 heterocycles. The van der Waals surface area contributed by atoms with E-state index in [9.17, 15) is 0 Å². The lowest BCUT2D eigenvalue weighted by Gasteiger charge is -2.27. The van der Waals surface area contributed by atoms with Crippen LogP contribution in [0.2, 0.25) is 0 Å². The normalized spacial score (nSPS) is 15.7. The third-order valence-electron chi connectivity index (χ3n) is 6.73. The van der Waals surface area contributed by atoms with Crippen LogP contribution in [0.4, 0.5) is 0 Å². The van der Waals surface area contributed by atoms with Gasteiger partial charge in [-0.3, -0.25) is 0 Å². The van der Waals surface area contributed by atoms with Crippen LogP contribution < -0.4 is 9.47 Å². The Labute approximate surface area is 206 Å². The molecule has 4 aromatic rings. The third-order valence-corrected chi connectivity index (χ3v) is 6.73. The van der Waals surface area contributed by atoms with E-state index in [0.717, 1.165) is 53.7 Å². The largest absolute Gasteiger partial charge is 0.496 e. The molecule has 0 saturated heterocycles. The number of imidazole rings is 2. The van der Waals surface area contributed by atoms with Crippen molar-refractivity contribution in [1.82, 2.24) is 24.1 Å². The van der Waals surface area contributed by atoms with Crippen molar-refractivity contribution in [3.8, 4) is 28.7 Å². The maximum Gasteiger partial charge on any atom is 0.238 e. The fourth-order valence-electron chi connectivity index (χ4n) is 4.93. The second-order valence-electron chi connectivity index (χ2n) is 10.2. The molecule has 1 aromatic carbocycles. The van der Waals surface area contributed by atoms with Gasteiger partial charge in [-0.25, -0.2) is 15.0 Å². The number of hydrogen-bond acceptors (Lipinski definition) is 5. The predicted octanol–water partition coefficient (Wildman–Crippen LogP) is 5.68. The number of methoxy groups -OCH3 is 2. The predicted molar refractivity (Wildman–Crippen MR) is 137 cm³/mol. The molecule has 1 aliphatic rings. The number of rotatable bonds is 5. The molecule has 1 atom stereocenters. The van der Waals surface area contributed by atoms with E-state index in [1.165, 1.54) is 11.1 Å². The summed E-state index contributed by atoms with van der Waals surface area (Å²) in [7, 11) is 3.38. The van der Waals surface area contributed by atoms with Crippen molar-refractivity contribution >= 4 is 0 Å². The molecule has 0 N–H and O–H groups in total. The molecule has 0 saturated carbocycles. The summed E-state index contributed by atoms with van der Waals surface area (Å²) in [6.45, 7) is 9.60. The van der Waals surface area contributed by atoms with Gasteiger partial charge in [-0.2, -0.15) is 0 Å². The van der Waals surface area contributed by atoms with Gasteiger partial charge in [0.05, 0.1) is 31.9 Å². The van der Waals surface area contributed by atoms with Crippen LogP contribution in [0.15, 0.2) is 49.1 Å². The van der Waals surface area contributed by atoms with Crippen molar-refractivity contribution in [2.24, 2.45) is 0 Å². The van der Waals surface area contributed by atoms with Crippen LogP contribution in [0, 0.1) is 6.92 Å². The number of aryl methyl sites for hydroxylation is 2. The van der Waals surface area contributed by atoms with E-state index in [1.54, 1.807) is 20.5 Å². The van der Waals surface area contributed by atoms with Gasteiger partial charge in [0.25, 0.3) is 0 Å². The summed E-state index contributed by atoms with van der Waals surface area (Å²) in [6, 6.07) is 10.6. The maximum atomic E-state index is 5.66. The molecule has 5 rings (SSSR count). The molecule has 7 nitrogen and oxygen atoms in total. The second kappa shape index (κ2) is 8.87. The zero-order chi connectivity index (χ0) is 24.7. The van der Waals surface area contributed by atoms with Gasteiger partial charge in [0.15, 0.2) is 0 Å². The molecule has 0 fully saturated rings. The van der Waals surface area contributed by atoms with Gasteiger partial charge in [0.2, 0.25) is 5.88 Å². The number of hydrogen-bond donors (Lipinski definition) is 0. The molecule has 0 amide bonds. The average Bonchev–Trinajstić information content (AvgIpc) is 3.49. The van der Waals surface area contributed by atoms with Gasteiger partial charge in [-0.15, -0.1) is 0 Å². The molecule has 0 bridgehead atoms. The molecule has 7 heteroatoms. The molecule has 0 radical (unpaired) electrons. The number of aromatic nitrogens is 5. The van der Waals surface area contributed by atoms with Crippen molar-refractivity contribution in [1.29, 1.82) is 0 Å². The molecule has 0 spiro atoms. The fourth-order valence-corrected chi connectivity index (χ4v) is 4.93. The van der Waals surface area contributed by atoms with Crippen molar-refractivity contribution in [3.05, 3.63) is 71.7 Å². The van der Waals surface area contributed by atoms with Crippen LogP contribution in [0.3, 0.4) is 0 Å². The lowest BCUT2D eigenvalue weighted by molar-refractivity contribution is 0.396. The molecular formula is C28H33N5O2. The van der Waals surface area contributed by atoms with Crippen molar-refractivity contribution < 1.29 is 9.47 Å². The van der Waals surface area contributed by atoms with Gasteiger partial charge >= 0.3 is 0 Å². The van der Waals surface area contributed by atoms with E-state index in [1.807, 2.05) is 29.8 Å². The van der Waals surface area contributed by atoms with Gasteiger partial charge in [-0.1, -0.05) is 32.9 Å². The molecule has 1 aliphatic heterocycles. The first kappa shape index (κ1) is 23.1. The van der Waals surface area contributed by atoms with E-state index >= 15 is 0 Å². The van der Waals surface area contributed by atoms with Crippen LogP contribution in [-0.2, 0) is 12.0 Å². The Morgan fingerprint density at radius 1 is 0.971 bits per heavy atom. The SMILES string of the molecule is COc1ccc([C@H]2CCCn3cc(-c4ccc(-n5cnc(C)c5)c(OC)n4)nc32)cc1C(C)(C)C. The van der Waals surface area contributed by atoms with Crippen LogP contribution >= 0.6 is 0 Å². The quantitative estimate of drug-likeness (QED) is 0.375. The third kappa shape index (κ3) is 4.31. The van der Waals surface area contributed by atoms with E-state index in [-0.39, 0.29) is 11.3 Å². The fraction of sp³-hybridized carbons (Fsp3) is 0.393. The number of fused-ring (bicyclic) bond motifs is 1. The van der Waals surface area contributed by atoms with Crippen LogP contribution in [0.5, 0.6) is 11.6 Å². The molecule has 3 aromatic heterocycles. The van der Waals surface area contributed by atoms with Gasteiger partial charge in [0.1, 0.15) is 23.0 Å². The zero-order valence-electron chi connectivity index (χ0n) is 21.4. The highest BCUT2D eigenvalue weighted by Crippen LogP contribution is 2.39. The number of ether oxygens (including phenoxy) is 2. The van der Waals surface area contributed by atoms with Gasteiger partial charge in [-0.05, 0) is 54.5 Å². The topological polar surface area (TPSA) is 67.0 Å². The van der Waals surface area contributed by atoms with Crippen molar-refractivity contribution in [3.63, 3.8) is 0 Å². The Hall–Kier alpha value is -3.61. The van der Waals surface area contributed by atoms with Crippen molar-refractivity contribution in [2.75, 3.05) is 14.2 Å². The maximum absolute atomic E-state index is 5.66. The van der Waals surface area contributed by atoms with Gasteiger partial charge < -0.3 is 18.6 Å². The van der Waals surface area contributed by atoms with E-state index in [0.29, 0.717) is 5.88 Å². The smallest absolute Gasteiger partial charge is 0.238 e. The highest BCUT2D eigenvalue weighted by molar-refractivity contribution is 5.59. The second-order valence-corrected chi connectivity index (χ2v) is 10.2. The highest BCUT2D eigenvalue weighted by atomic mass is 16.5. The molecule has 0 unspecified atom stereocenters. The standard InChI is InChI=1S/C28H33N5O2/c1-18-15-33(17-29-18)24-11-10-22(31-27(24)35-6)23-16-32-13-7-8-20(26(32)30-23)19-9-12-25(34-5)21(14-19)28(2,3)4/h9-12,14-17,20H,7-8,13H2,1-6H3/t20-/m1/s1. The van der Waals surface area contributed by atoms with Crippen LogP contribution in [0.1, 0.15) is 62.2 Å². The Kier molecular flexibility index (Phi) is 5.87. The molecule has 0 aliphatic carbocycles. The minimum absolute atomic E-state index is 0.00734. The highest BCUT2D eigenvalue weighted by Gasteiger charge is 2.28. The van der Waals surface area contributed by atoms with Crippen LogP contribution in [-0.4, -0.2) is 38.3 Å². The lowest BCUT2D eigenvalue weighted by atomic mass is 9.82. The van der Waals surface area contributed by atoms with Gasteiger partial charge in [0, 0.05) is 24.9 Å². The Balaban J connectivity index is 1.52. The minimum atomic E-state index is -0.00734. The van der Waals surface area contributed by atoms with E-state index in [2.05, 4.69) is 54.7 Å². The first-order valence-corrected chi connectivity index (χ1v) is 12.1. The summed E-state index contributed by atoms with van der Waals surface area (Å²) < 4.78 is 15.5. The Bertz CT molecular complexity index is 1360. The van der Waals surface area contributed by atoms with Crippen molar-refractivity contribution in [2.45, 2.75) is 58.4 Å². The lowest BCUT2D eigenvalue weighted by Crippen LogP contribution is -2.18. The first-order chi connectivity index (χ1) is 16.8. The Morgan fingerprint density at radius 3 is 2.49 bits per heavy atom. The zero-order valence-corrected chi connectivity index (χ0v) is 21.4. The average molecular weight is 472 g/mol. The van der Waals surface area contributed by atoms with Crippen LogP contribution in [0.25, 0.3) is 17.1 Å². The molecular weight excluding hydrogens is 438 g/mol.